The second-order valence-electron chi connectivity index (χ2n) is 6.47. The van der Waals surface area contributed by atoms with Gasteiger partial charge in [-0.25, -0.2) is 9.78 Å². The van der Waals surface area contributed by atoms with Crippen molar-refractivity contribution in [2.24, 2.45) is 0 Å². The Kier molecular flexibility index (Phi) is 4.72. The standard InChI is InChI=1S/C22H20N2O5/c1-12-17(27-3)9-14(10-18(12)28-4)20-19(13-5-7-15(26-2)8-6-13)16-11-23-22(25)24-21(16)29-20/h5-11H,1-4H3,(H,23,24,25). The number of hydrogen-bond acceptors (Lipinski definition) is 6. The lowest BCUT2D eigenvalue weighted by molar-refractivity contribution is 0.389. The van der Waals surface area contributed by atoms with Gasteiger partial charge in [-0.1, -0.05) is 12.1 Å². The van der Waals surface area contributed by atoms with Crippen LogP contribution in [0.15, 0.2) is 51.8 Å². The Bertz CT molecular complexity index is 1210. The number of ether oxygens (including phenoxy) is 3. The number of nitrogens with zero attached hydrogens (tertiary/aromatic N) is 1. The molecule has 0 fully saturated rings. The zero-order chi connectivity index (χ0) is 20.5. The van der Waals surface area contributed by atoms with Gasteiger partial charge < -0.3 is 18.6 Å². The van der Waals surface area contributed by atoms with Gasteiger partial charge in [0.25, 0.3) is 0 Å². The lowest BCUT2D eigenvalue weighted by Gasteiger charge is -2.12. The fourth-order valence-electron chi connectivity index (χ4n) is 3.38. The number of rotatable bonds is 5. The minimum Gasteiger partial charge on any atom is -0.497 e. The Labute approximate surface area is 166 Å². The van der Waals surface area contributed by atoms with Crippen LogP contribution in [0.4, 0.5) is 0 Å². The molecule has 0 radical (unpaired) electrons. The first kappa shape index (κ1) is 18.6. The average molecular weight is 392 g/mol. The maximum atomic E-state index is 11.7. The number of methoxy groups -OCH3 is 3. The van der Waals surface area contributed by atoms with E-state index in [-0.39, 0.29) is 0 Å². The van der Waals surface area contributed by atoms with Crippen LogP contribution in [-0.2, 0) is 0 Å². The minimum atomic E-state index is -0.474. The van der Waals surface area contributed by atoms with Gasteiger partial charge >= 0.3 is 5.69 Å². The van der Waals surface area contributed by atoms with E-state index in [1.54, 1.807) is 21.3 Å². The molecule has 2 heterocycles. The van der Waals surface area contributed by atoms with E-state index < -0.39 is 5.69 Å². The number of fused-ring (bicyclic) bond motifs is 1. The van der Waals surface area contributed by atoms with Crippen molar-refractivity contribution in [1.82, 2.24) is 9.97 Å². The van der Waals surface area contributed by atoms with Gasteiger partial charge in [-0.2, -0.15) is 0 Å². The second-order valence-corrected chi connectivity index (χ2v) is 6.47. The molecule has 0 unspecified atom stereocenters. The van der Waals surface area contributed by atoms with Crippen molar-refractivity contribution < 1.29 is 18.6 Å². The first-order chi connectivity index (χ1) is 14.0. The van der Waals surface area contributed by atoms with Crippen LogP contribution in [0.5, 0.6) is 17.2 Å². The third-order valence-corrected chi connectivity index (χ3v) is 4.87. The number of furan rings is 1. The van der Waals surface area contributed by atoms with Crippen molar-refractivity contribution in [3.63, 3.8) is 0 Å². The molecule has 0 aliphatic rings. The highest BCUT2D eigenvalue weighted by molar-refractivity contribution is 6.00. The molecule has 0 spiro atoms. The molecule has 148 valence electrons. The van der Waals surface area contributed by atoms with E-state index >= 15 is 0 Å². The fraction of sp³-hybridized carbons (Fsp3) is 0.182. The van der Waals surface area contributed by atoms with Gasteiger partial charge in [0.1, 0.15) is 23.0 Å². The summed E-state index contributed by atoms with van der Waals surface area (Å²) < 4.78 is 22.4. The van der Waals surface area contributed by atoms with Crippen LogP contribution >= 0.6 is 0 Å². The van der Waals surface area contributed by atoms with Crippen LogP contribution in [0.2, 0.25) is 0 Å². The normalized spacial score (nSPS) is 10.9. The first-order valence-corrected chi connectivity index (χ1v) is 8.95. The van der Waals surface area contributed by atoms with E-state index in [2.05, 4.69) is 9.97 Å². The monoisotopic (exact) mass is 392 g/mol. The summed E-state index contributed by atoms with van der Waals surface area (Å²) in [4.78, 5) is 18.3. The summed E-state index contributed by atoms with van der Waals surface area (Å²) in [6.45, 7) is 1.92. The highest BCUT2D eigenvalue weighted by atomic mass is 16.5. The highest BCUT2D eigenvalue weighted by Crippen LogP contribution is 2.43. The predicted octanol–water partition coefficient (Wildman–Crippen LogP) is 4.18. The molecule has 4 aromatic rings. The highest BCUT2D eigenvalue weighted by Gasteiger charge is 2.21. The Morgan fingerprint density at radius 2 is 1.59 bits per heavy atom. The SMILES string of the molecule is COc1ccc(-c2c(-c3cc(OC)c(C)c(OC)c3)oc3[nH]c(=O)ncc23)cc1. The Hall–Kier alpha value is -3.74. The van der Waals surface area contributed by atoms with E-state index in [0.717, 1.165) is 28.0 Å². The summed E-state index contributed by atoms with van der Waals surface area (Å²) in [5.74, 6) is 2.66. The molecule has 0 saturated carbocycles. The summed E-state index contributed by atoms with van der Waals surface area (Å²) in [5, 5.41) is 0.697. The molecule has 0 bridgehead atoms. The molecule has 0 aliphatic heterocycles. The van der Waals surface area contributed by atoms with Gasteiger partial charge in [0.2, 0.25) is 5.71 Å². The lowest BCUT2D eigenvalue weighted by atomic mass is 9.98. The molecule has 7 nitrogen and oxygen atoms in total. The van der Waals surface area contributed by atoms with Gasteiger partial charge in [0.05, 0.1) is 26.7 Å². The van der Waals surface area contributed by atoms with E-state index in [0.29, 0.717) is 28.4 Å². The zero-order valence-corrected chi connectivity index (χ0v) is 16.5. The smallest absolute Gasteiger partial charge is 0.347 e. The average Bonchev–Trinajstić information content (AvgIpc) is 3.12. The topological polar surface area (TPSA) is 86.6 Å². The van der Waals surface area contributed by atoms with Crippen LogP contribution in [-0.4, -0.2) is 31.3 Å². The number of H-pyrrole nitrogens is 1. The Morgan fingerprint density at radius 1 is 0.931 bits per heavy atom. The van der Waals surface area contributed by atoms with Crippen molar-refractivity contribution in [3.05, 3.63) is 58.6 Å². The number of benzene rings is 2. The molecule has 0 saturated heterocycles. The third-order valence-electron chi connectivity index (χ3n) is 4.87. The van der Waals surface area contributed by atoms with Gasteiger partial charge in [-0.3, -0.25) is 4.98 Å². The molecule has 0 atom stereocenters. The van der Waals surface area contributed by atoms with E-state index in [4.69, 9.17) is 18.6 Å². The molecular formula is C22H20N2O5. The minimum absolute atomic E-state index is 0.351. The quantitative estimate of drug-likeness (QED) is 0.548. The predicted molar refractivity (Wildman–Crippen MR) is 110 cm³/mol. The maximum Gasteiger partial charge on any atom is 0.347 e. The first-order valence-electron chi connectivity index (χ1n) is 8.95. The van der Waals surface area contributed by atoms with Crippen molar-refractivity contribution in [1.29, 1.82) is 0 Å². The zero-order valence-electron chi connectivity index (χ0n) is 16.5. The van der Waals surface area contributed by atoms with Crippen LogP contribution in [0.1, 0.15) is 5.56 Å². The summed E-state index contributed by atoms with van der Waals surface area (Å²) in [6.07, 6.45) is 1.52. The van der Waals surface area contributed by atoms with Gasteiger partial charge in [-0.05, 0) is 36.8 Å². The third kappa shape index (κ3) is 3.20. The van der Waals surface area contributed by atoms with Gasteiger partial charge in [0, 0.05) is 22.9 Å². The molecule has 4 rings (SSSR count). The fourth-order valence-corrected chi connectivity index (χ4v) is 3.38. The van der Waals surface area contributed by atoms with Crippen LogP contribution < -0.4 is 19.9 Å². The van der Waals surface area contributed by atoms with E-state index in [1.165, 1.54) is 6.20 Å². The Balaban J connectivity index is 2.03. The summed E-state index contributed by atoms with van der Waals surface area (Å²) in [7, 11) is 4.83. The van der Waals surface area contributed by atoms with Crippen molar-refractivity contribution in [2.45, 2.75) is 6.92 Å². The maximum absolute atomic E-state index is 11.7. The van der Waals surface area contributed by atoms with Crippen LogP contribution in [0.3, 0.4) is 0 Å². The van der Waals surface area contributed by atoms with Gasteiger partial charge in [-0.15, -0.1) is 0 Å². The molecule has 29 heavy (non-hydrogen) atoms. The summed E-state index contributed by atoms with van der Waals surface area (Å²) in [5.41, 5.74) is 3.22. The van der Waals surface area contributed by atoms with Crippen molar-refractivity contribution in [2.75, 3.05) is 21.3 Å². The lowest BCUT2D eigenvalue weighted by Crippen LogP contribution is -2.07. The van der Waals surface area contributed by atoms with E-state index in [1.807, 2.05) is 43.3 Å². The van der Waals surface area contributed by atoms with Crippen molar-refractivity contribution in [3.8, 4) is 39.7 Å². The molecule has 0 aliphatic carbocycles. The molecular weight excluding hydrogens is 372 g/mol. The molecule has 1 N–H and O–H groups in total. The van der Waals surface area contributed by atoms with E-state index in [9.17, 15) is 4.79 Å². The largest absolute Gasteiger partial charge is 0.497 e. The van der Waals surface area contributed by atoms with Gasteiger partial charge in [0.15, 0.2) is 0 Å². The number of aromatic nitrogens is 2. The number of nitrogens with one attached hydrogen (secondary N) is 1. The molecule has 2 aromatic heterocycles. The summed E-state index contributed by atoms with van der Waals surface area (Å²) in [6, 6.07) is 11.4. The van der Waals surface area contributed by atoms with Crippen LogP contribution in [0, 0.1) is 6.92 Å². The van der Waals surface area contributed by atoms with Crippen molar-refractivity contribution >= 4 is 11.1 Å². The number of aromatic amines is 1. The molecule has 7 heteroatoms. The molecule has 2 aromatic carbocycles. The Morgan fingerprint density at radius 3 is 2.17 bits per heavy atom. The second kappa shape index (κ2) is 7.35. The number of hydrogen-bond donors (Lipinski definition) is 1. The molecule has 0 amide bonds. The van der Waals surface area contributed by atoms with Crippen LogP contribution in [0.25, 0.3) is 33.6 Å². The summed E-state index contributed by atoms with van der Waals surface area (Å²) >= 11 is 0.